The standard InChI is InChI=1S/C13H28N2O2/c1-10(2)8-15(9-11(3)4)7-6-12(14)13(16)17-5/h10-12H,6-9,14H2,1-5H3. The maximum absolute atomic E-state index is 11.2. The monoisotopic (exact) mass is 244 g/mol. The Hall–Kier alpha value is -0.610. The van der Waals surface area contributed by atoms with Gasteiger partial charge in [0.15, 0.2) is 0 Å². The van der Waals surface area contributed by atoms with Crippen molar-refractivity contribution in [2.45, 2.75) is 40.2 Å². The van der Waals surface area contributed by atoms with E-state index in [2.05, 4.69) is 37.3 Å². The number of ether oxygens (including phenoxy) is 1. The first-order valence-electron chi connectivity index (χ1n) is 6.42. The molecule has 1 atom stereocenters. The number of carbonyl (C=O) groups is 1. The SMILES string of the molecule is COC(=O)C(N)CCN(CC(C)C)CC(C)C. The highest BCUT2D eigenvalue weighted by Gasteiger charge is 2.16. The predicted octanol–water partition coefficient (Wildman–Crippen LogP) is 1.49. The second kappa shape index (κ2) is 8.48. The summed E-state index contributed by atoms with van der Waals surface area (Å²) < 4.78 is 4.62. The van der Waals surface area contributed by atoms with Gasteiger partial charge in [-0.1, -0.05) is 27.7 Å². The summed E-state index contributed by atoms with van der Waals surface area (Å²) in [5, 5.41) is 0. The molecule has 0 aromatic heterocycles. The number of rotatable bonds is 8. The molecule has 17 heavy (non-hydrogen) atoms. The van der Waals surface area contributed by atoms with Crippen molar-refractivity contribution in [2.75, 3.05) is 26.7 Å². The first kappa shape index (κ1) is 16.4. The van der Waals surface area contributed by atoms with E-state index >= 15 is 0 Å². The van der Waals surface area contributed by atoms with E-state index in [9.17, 15) is 4.79 Å². The van der Waals surface area contributed by atoms with Crippen LogP contribution in [0.5, 0.6) is 0 Å². The Labute approximate surface area is 105 Å². The normalized spacial score (nSPS) is 13.5. The Bertz CT molecular complexity index is 207. The summed E-state index contributed by atoms with van der Waals surface area (Å²) in [4.78, 5) is 13.6. The molecule has 102 valence electrons. The molecule has 2 N–H and O–H groups in total. The lowest BCUT2D eigenvalue weighted by atomic mass is 10.1. The molecule has 0 radical (unpaired) electrons. The number of nitrogens with two attached hydrogens (primary N) is 1. The fourth-order valence-electron chi connectivity index (χ4n) is 1.88. The molecule has 0 heterocycles. The van der Waals surface area contributed by atoms with E-state index in [1.54, 1.807) is 0 Å². The quantitative estimate of drug-likeness (QED) is 0.657. The first-order chi connectivity index (χ1) is 7.86. The molecule has 0 aromatic carbocycles. The van der Waals surface area contributed by atoms with Crippen molar-refractivity contribution in [1.29, 1.82) is 0 Å². The van der Waals surface area contributed by atoms with Crippen molar-refractivity contribution in [1.82, 2.24) is 4.90 Å². The van der Waals surface area contributed by atoms with Crippen LogP contribution in [0.4, 0.5) is 0 Å². The van der Waals surface area contributed by atoms with Crippen molar-refractivity contribution < 1.29 is 9.53 Å². The summed E-state index contributed by atoms with van der Waals surface area (Å²) in [7, 11) is 1.38. The van der Waals surface area contributed by atoms with E-state index in [4.69, 9.17) is 5.73 Å². The summed E-state index contributed by atoms with van der Waals surface area (Å²) in [5.41, 5.74) is 5.74. The minimum atomic E-state index is -0.498. The summed E-state index contributed by atoms with van der Waals surface area (Å²) in [6, 6.07) is -0.498. The highest BCUT2D eigenvalue weighted by atomic mass is 16.5. The van der Waals surface area contributed by atoms with E-state index in [1.165, 1.54) is 7.11 Å². The fourth-order valence-corrected chi connectivity index (χ4v) is 1.88. The summed E-state index contributed by atoms with van der Waals surface area (Å²) in [5.74, 6) is 0.935. The maximum atomic E-state index is 11.2. The smallest absolute Gasteiger partial charge is 0.322 e. The van der Waals surface area contributed by atoms with Gasteiger partial charge in [-0.3, -0.25) is 4.79 Å². The Kier molecular flexibility index (Phi) is 8.17. The van der Waals surface area contributed by atoms with E-state index in [-0.39, 0.29) is 5.97 Å². The molecule has 0 saturated carbocycles. The van der Waals surface area contributed by atoms with Gasteiger partial charge in [0.1, 0.15) is 6.04 Å². The fraction of sp³-hybridized carbons (Fsp3) is 0.923. The highest BCUT2D eigenvalue weighted by Crippen LogP contribution is 2.05. The van der Waals surface area contributed by atoms with Gasteiger partial charge in [-0.05, 0) is 18.3 Å². The van der Waals surface area contributed by atoms with Crippen molar-refractivity contribution in [3.63, 3.8) is 0 Å². The van der Waals surface area contributed by atoms with Crippen molar-refractivity contribution in [3.05, 3.63) is 0 Å². The molecule has 0 amide bonds. The van der Waals surface area contributed by atoms with Crippen LogP contribution in [-0.4, -0.2) is 43.7 Å². The molecule has 0 bridgehead atoms. The van der Waals surface area contributed by atoms with Crippen LogP contribution >= 0.6 is 0 Å². The topological polar surface area (TPSA) is 55.6 Å². The lowest BCUT2D eigenvalue weighted by molar-refractivity contribution is -0.142. The molecular weight excluding hydrogens is 216 g/mol. The zero-order valence-electron chi connectivity index (χ0n) is 11.9. The van der Waals surface area contributed by atoms with Gasteiger partial charge in [-0.2, -0.15) is 0 Å². The van der Waals surface area contributed by atoms with Crippen LogP contribution in [0.3, 0.4) is 0 Å². The third-order valence-electron chi connectivity index (χ3n) is 2.51. The highest BCUT2D eigenvalue weighted by molar-refractivity contribution is 5.75. The predicted molar refractivity (Wildman–Crippen MR) is 70.7 cm³/mol. The Morgan fingerprint density at radius 2 is 1.65 bits per heavy atom. The Balaban J connectivity index is 4.10. The molecule has 4 heteroatoms. The van der Waals surface area contributed by atoms with E-state index in [1.807, 2.05) is 0 Å². The number of carbonyl (C=O) groups excluding carboxylic acids is 1. The molecule has 0 aliphatic carbocycles. The van der Waals surface area contributed by atoms with Crippen molar-refractivity contribution in [3.8, 4) is 0 Å². The van der Waals surface area contributed by atoms with Gasteiger partial charge in [0.25, 0.3) is 0 Å². The second-order valence-corrected chi connectivity index (χ2v) is 5.47. The number of nitrogens with zero attached hydrogens (tertiary/aromatic N) is 1. The van der Waals surface area contributed by atoms with Crippen LogP contribution < -0.4 is 5.73 Å². The average molecular weight is 244 g/mol. The van der Waals surface area contributed by atoms with E-state index in [0.717, 1.165) is 19.6 Å². The number of hydrogen-bond acceptors (Lipinski definition) is 4. The minimum absolute atomic E-state index is 0.320. The van der Waals surface area contributed by atoms with Crippen LogP contribution in [0.1, 0.15) is 34.1 Å². The van der Waals surface area contributed by atoms with Crippen LogP contribution in [0.2, 0.25) is 0 Å². The van der Waals surface area contributed by atoms with Gasteiger partial charge >= 0.3 is 5.97 Å². The van der Waals surface area contributed by atoms with Gasteiger partial charge in [0, 0.05) is 19.6 Å². The lowest BCUT2D eigenvalue weighted by Gasteiger charge is -2.26. The largest absolute Gasteiger partial charge is 0.468 e. The summed E-state index contributed by atoms with van der Waals surface area (Å²) in [6.45, 7) is 11.8. The average Bonchev–Trinajstić information content (AvgIpc) is 2.22. The van der Waals surface area contributed by atoms with Gasteiger partial charge in [-0.25, -0.2) is 0 Å². The zero-order valence-corrected chi connectivity index (χ0v) is 11.9. The molecular formula is C13H28N2O2. The molecule has 4 nitrogen and oxygen atoms in total. The van der Waals surface area contributed by atoms with Crippen LogP contribution in [0.25, 0.3) is 0 Å². The summed E-state index contributed by atoms with van der Waals surface area (Å²) in [6.07, 6.45) is 0.659. The number of esters is 1. The maximum Gasteiger partial charge on any atom is 0.322 e. The van der Waals surface area contributed by atoms with Crippen LogP contribution in [0, 0.1) is 11.8 Å². The van der Waals surface area contributed by atoms with Crippen molar-refractivity contribution in [2.24, 2.45) is 17.6 Å². The number of methoxy groups -OCH3 is 1. The number of hydrogen-bond donors (Lipinski definition) is 1. The molecule has 0 rings (SSSR count). The molecule has 0 fully saturated rings. The molecule has 0 aromatic rings. The Morgan fingerprint density at radius 3 is 2.00 bits per heavy atom. The van der Waals surface area contributed by atoms with Crippen molar-refractivity contribution >= 4 is 5.97 Å². The van der Waals surface area contributed by atoms with Gasteiger partial charge in [0.05, 0.1) is 7.11 Å². The third kappa shape index (κ3) is 8.16. The molecule has 1 unspecified atom stereocenters. The molecule has 0 aliphatic heterocycles. The molecule has 0 aliphatic rings. The van der Waals surface area contributed by atoms with Gasteiger partial charge in [-0.15, -0.1) is 0 Å². The van der Waals surface area contributed by atoms with E-state index in [0.29, 0.717) is 18.3 Å². The minimum Gasteiger partial charge on any atom is -0.468 e. The van der Waals surface area contributed by atoms with Gasteiger partial charge in [0.2, 0.25) is 0 Å². The zero-order chi connectivity index (χ0) is 13.4. The summed E-state index contributed by atoms with van der Waals surface area (Å²) >= 11 is 0. The third-order valence-corrected chi connectivity index (χ3v) is 2.51. The Morgan fingerprint density at radius 1 is 1.18 bits per heavy atom. The molecule has 0 spiro atoms. The molecule has 0 saturated heterocycles. The first-order valence-corrected chi connectivity index (χ1v) is 6.42. The van der Waals surface area contributed by atoms with Crippen LogP contribution in [0.15, 0.2) is 0 Å². The lowest BCUT2D eigenvalue weighted by Crippen LogP contribution is -2.38. The second-order valence-electron chi connectivity index (χ2n) is 5.47. The van der Waals surface area contributed by atoms with Crippen LogP contribution in [-0.2, 0) is 9.53 Å². The van der Waals surface area contributed by atoms with Gasteiger partial charge < -0.3 is 15.4 Å². The van der Waals surface area contributed by atoms with E-state index < -0.39 is 6.04 Å².